The molecule has 0 aliphatic heterocycles. The van der Waals surface area contributed by atoms with Crippen LogP contribution in [0.15, 0.2) is 54.6 Å². The molecule has 4 nitrogen and oxygen atoms in total. The first-order valence-electron chi connectivity index (χ1n) is 8.48. The predicted octanol–water partition coefficient (Wildman–Crippen LogP) is 3.70. The zero-order chi connectivity index (χ0) is 17.6. The van der Waals surface area contributed by atoms with Gasteiger partial charge in [0.25, 0.3) is 0 Å². The van der Waals surface area contributed by atoms with E-state index in [2.05, 4.69) is 29.7 Å². The Hall–Kier alpha value is -3.14. The van der Waals surface area contributed by atoms with Crippen LogP contribution in [0.5, 0.6) is 0 Å². The summed E-state index contributed by atoms with van der Waals surface area (Å²) in [6.45, 7) is 4.11. The van der Waals surface area contributed by atoms with E-state index in [4.69, 9.17) is 16.5 Å². The summed E-state index contributed by atoms with van der Waals surface area (Å²) in [5.41, 5.74) is 21.1. The quantitative estimate of drug-likeness (QED) is 0.335. The Labute approximate surface area is 146 Å². The first-order valence-corrected chi connectivity index (χ1v) is 8.48. The molecule has 4 heteroatoms. The van der Waals surface area contributed by atoms with E-state index < -0.39 is 0 Å². The summed E-state index contributed by atoms with van der Waals surface area (Å²) >= 11 is 0. The Morgan fingerprint density at radius 2 is 1.52 bits per heavy atom. The second kappa shape index (κ2) is 5.74. The SMILES string of the molecule is CCc1cc2nc3cc(C)c(N)cc3[n+](-c3ccccc3)c2cc1N. The number of hydrogen-bond acceptors (Lipinski definition) is 3. The third-order valence-corrected chi connectivity index (χ3v) is 4.72. The number of para-hydroxylation sites is 1. The van der Waals surface area contributed by atoms with Gasteiger partial charge in [-0.3, -0.25) is 0 Å². The Morgan fingerprint density at radius 3 is 2.20 bits per heavy atom. The monoisotopic (exact) mass is 329 g/mol. The fourth-order valence-corrected chi connectivity index (χ4v) is 3.29. The normalized spacial score (nSPS) is 11.3. The van der Waals surface area contributed by atoms with Crippen LogP contribution in [-0.2, 0) is 6.42 Å². The summed E-state index contributed by atoms with van der Waals surface area (Å²) < 4.78 is 2.18. The molecule has 4 aromatic rings. The molecule has 0 aliphatic carbocycles. The zero-order valence-corrected chi connectivity index (χ0v) is 14.5. The molecule has 124 valence electrons. The smallest absolute Gasteiger partial charge is 0.239 e. The lowest BCUT2D eigenvalue weighted by molar-refractivity contribution is -0.538. The van der Waals surface area contributed by atoms with Gasteiger partial charge in [-0.25, -0.2) is 4.98 Å². The molecule has 0 saturated heterocycles. The van der Waals surface area contributed by atoms with Gasteiger partial charge in [-0.2, -0.15) is 0 Å². The fourth-order valence-electron chi connectivity index (χ4n) is 3.29. The number of nitrogen functional groups attached to an aromatic ring is 2. The molecular formula is C21H21N4+. The summed E-state index contributed by atoms with van der Waals surface area (Å²) in [4.78, 5) is 4.88. The van der Waals surface area contributed by atoms with Gasteiger partial charge >= 0.3 is 0 Å². The van der Waals surface area contributed by atoms with Crippen LogP contribution in [0.3, 0.4) is 0 Å². The van der Waals surface area contributed by atoms with Crippen LogP contribution in [0.4, 0.5) is 11.4 Å². The summed E-state index contributed by atoms with van der Waals surface area (Å²) in [5, 5.41) is 0. The molecule has 0 unspecified atom stereocenters. The minimum atomic E-state index is 0.761. The number of fused-ring (bicyclic) bond motifs is 2. The van der Waals surface area contributed by atoms with E-state index >= 15 is 0 Å². The second-order valence-electron chi connectivity index (χ2n) is 6.37. The third kappa shape index (κ3) is 2.47. The van der Waals surface area contributed by atoms with Crippen molar-refractivity contribution in [1.82, 2.24) is 4.98 Å². The molecule has 0 saturated carbocycles. The molecular weight excluding hydrogens is 308 g/mol. The van der Waals surface area contributed by atoms with E-state index in [-0.39, 0.29) is 0 Å². The van der Waals surface area contributed by atoms with Gasteiger partial charge in [0.05, 0.1) is 0 Å². The molecule has 25 heavy (non-hydrogen) atoms. The van der Waals surface area contributed by atoms with Crippen LogP contribution in [0.25, 0.3) is 27.8 Å². The lowest BCUT2D eigenvalue weighted by Crippen LogP contribution is -2.33. The van der Waals surface area contributed by atoms with Crippen LogP contribution in [0.2, 0.25) is 0 Å². The number of hydrogen-bond donors (Lipinski definition) is 2. The molecule has 0 bridgehead atoms. The maximum absolute atomic E-state index is 6.28. The van der Waals surface area contributed by atoms with Crippen LogP contribution >= 0.6 is 0 Å². The number of benzene rings is 3. The van der Waals surface area contributed by atoms with Crippen molar-refractivity contribution in [3.05, 3.63) is 65.7 Å². The molecule has 1 aromatic heterocycles. The van der Waals surface area contributed by atoms with Gasteiger partial charge in [0, 0.05) is 35.6 Å². The maximum atomic E-state index is 6.28. The fraction of sp³-hybridized carbons (Fsp3) is 0.143. The number of nitrogens with two attached hydrogens (primary N) is 2. The minimum Gasteiger partial charge on any atom is -0.398 e. The van der Waals surface area contributed by atoms with Gasteiger partial charge in [0.1, 0.15) is 11.0 Å². The molecule has 0 spiro atoms. The van der Waals surface area contributed by atoms with Crippen molar-refractivity contribution in [3.63, 3.8) is 0 Å². The van der Waals surface area contributed by atoms with Crippen molar-refractivity contribution in [2.24, 2.45) is 0 Å². The maximum Gasteiger partial charge on any atom is 0.239 e. The van der Waals surface area contributed by atoms with Crippen molar-refractivity contribution in [2.75, 3.05) is 11.5 Å². The summed E-state index contributed by atoms with van der Waals surface area (Å²) in [6, 6.07) is 18.4. The number of anilines is 2. The summed E-state index contributed by atoms with van der Waals surface area (Å²) in [5.74, 6) is 0. The highest BCUT2D eigenvalue weighted by Crippen LogP contribution is 2.25. The minimum absolute atomic E-state index is 0.761. The van der Waals surface area contributed by atoms with Crippen molar-refractivity contribution in [2.45, 2.75) is 20.3 Å². The topological polar surface area (TPSA) is 68.8 Å². The van der Waals surface area contributed by atoms with E-state index in [0.717, 1.165) is 56.7 Å². The van der Waals surface area contributed by atoms with Gasteiger partial charge in [-0.1, -0.05) is 25.1 Å². The van der Waals surface area contributed by atoms with Gasteiger partial charge < -0.3 is 11.5 Å². The highest BCUT2D eigenvalue weighted by molar-refractivity contribution is 5.87. The highest BCUT2D eigenvalue weighted by Gasteiger charge is 2.21. The Bertz CT molecular complexity index is 1100. The molecule has 1 heterocycles. The molecule has 0 atom stereocenters. The molecule has 0 amide bonds. The average Bonchev–Trinajstić information content (AvgIpc) is 2.62. The second-order valence-corrected chi connectivity index (χ2v) is 6.37. The lowest BCUT2D eigenvalue weighted by Gasteiger charge is -2.09. The van der Waals surface area contributed by atoms with E-state index in [1.54, 1.807) is 0 Å². The van der Waals surface area contributed by atoms with Crippen LogP contribution in [-0.4, -0.2) is 4.98 Å². The molecule has 4 rings (SSSR count). The van der Waals surface area contributed by atoms with Crippen molar-refractivity contribution < 1.29 is 4.57 Å². The van der Waals surface area contributed by atoms with Crippen LogP contribution in [0.1, 0.15) is 18.1 Å². The molecule has 0 aliphatic rings. The average molecular weight is 329 g/mol. The van der Waals surface area contributed by atoms with Gasteiger partial charge in [0.2, 0.25) is 16.7 Å². The van der Waals surface area contributed by atoms with E-state index in [0.29, 0.717) is 0 Å². The van der Waals surface area contributed by atoms with E-state index in [9.17, 15) is 0 Å². The van der Waals surface area contributed by atoms with Crippen LogP contribution in [0, 0.1) is 6.92 Å². The van der Waals surface area contributed by atoms with Gasteiger partial charge in [0.15, 0.2) is 0 Å². The number of rotatable bonds is 2. The lowest BCUT2D eigenvalue weighted by atomic mass is 10.1. The van der Waals surface area contributed by atoms with Crippen LogP contribution < -0.4 is 16.0 Å². The molecule has 3 aromatic carbocycles. The predicted molar refractivity (Wildman–Crippen MR) is 104 cm³/mol. The first-order chi connectivity index (χ1) is 12.1. The molecule has 4 N–H and O–H groups in total. The number of aryl methyl sites for hydroxylation is 2. The van der Waals surface area contributed by atoms with E-state index in [1.165, 1.54) is 0 Å². The molecule has 0 fully saturated rings. The van der Waals surface area contributed by atoms with Crippen molar-refractivity contribution in [3.8, 4) is 5.69 Å². The number of nitrogens with zero attached hydrogens (tertiary/aromatic N) is 2. The zero-order valence-electron chi connectivity index (χ0n) is 14.5. The van der Waals surface area contributed by atoms with Gasteiger partial charge in [-0.15, -0.1) is 4.57 Å². The Balaban J connectivity index is 2.22. The summed E-state index contributed by atoms with van der Waals surface area (Å²) in [6.07, 6.45) is 0.883. The van der Waals surface area contributed by atoms with Crippen molar-refractivity contribution >= 4 is 33.4 Å². The first kappa shape index (κ1) is 15.4. The third-order valence-electron chi connectivity index (χ3n) is 4.72. The largest absolute Gasteiger partial charge is 0.398 e. The molecule has 0 radical (unpaired) electrons. The van der Waals surface area contributed by atoms with Gasteiger partial charge in [-0.05, 0) is 36.6 Å². The highest BCUT2D eigenvalue weighted by atomic mass is 15.0. The van der Waals surface area contributed by atoms with E-state index in [1.807, 2.05) is 43.3 Å². The van der Waals surface area contributed by atoms with Crippen molar-refractivity contribution in [1.29, 1.82) is 0 Å². The standard InChI is InChI=1S/C21H20N4/c1-3-14-10-19-21(12-17(14)23)25(15-7-5-4-6-8-15)20-11-16(22)13(2)9-18(20)24-19/h4-12H,3H2,1-2H3,(H3,22,23)/p+1. The Kier molecular flexibility index (Phi) is 3.53. The number of aromatic nitrogens is 2. The Morgan fingerprint density at radius 1 is 0.880 bits per heavy atom. The summed E-state index contributed by atoms with van der Waals surface area (Å²) in [7, 11) is 0.